The van der Waals surface area contributed by atoms with Crippen LogP contribution in [0, 0.1) is 0 Å². The minimum Gasteiger partial charge on any atom is -0.507 e. The summed E-state index contributed by atoms with van der Waals surface area (Å²) in [7, 11) is 0. The van der Waals surface area contributed by atoms with Crippen LogP contribution in [0.3, 0.4) is 0 Å². The summed E-state index contributed by atoms with van der Waals surface area (Å²) in [5.41, 5.74) is 4.11. The molecule has 0 spiro atoms. The Balaban J connectivity index is 3.06. The van der Waals surface area contributed by atoms with Crippen LogP contribution in [0.5, 0.6) is 5.75 Å². The first-order valence-corrected chi connectivity index (χ1v) is 12.2. The van der Waals surface area contributed by atoms with Gasteiger partial charge in [-0.25, -0.2) is 9.59 Å². The highest BCUT2D eigenvalue weighted by Crippen LogP contribution is 2.23. The molecule has 0 aliphatic rings. The van der Waals surface area contributed by atoms with Gasteiger partial charge >= 0.3 is 17.9 Å². The minimum atomic E-state index is -1.14. The number of nitrogens with one attached hydrogen (secondary N) is 1. The van der Waals surface area contributed by atoms with E-state index in [0.717, 1.165) is 0 Å². The lowest BCUT2D eigenvalue weighted by atomic mass is 10.0. The highest BCUT2D eigenvalue weighted by atomic mass is 16.6. The third-order valence-electron chi connectivity index (χ3n) is 4.54. The van der Waals surface area contributed by atoms with Crippen LogP contribution >= 0.6 is 0 Å². The molecule has 0 saturated heterocycles. The Bertz CT molecular complexity index is 984. The largest absolute Gasteiger partial charge is 0.507 e. The van der Waals surface area contributed by atoms with Gasteiger partial charge in [-0.05, 0) is 86.4 Å². The molecule has 0 aliphatic heterocycles. The first kappa shape index (κ1) is 31.9. The van der Waals surface area contributed by atoms with Crippen molar-refractivity contribution in [2.24, 2.45) is 5.73 Å². The molecule has 2 atom stereocenters. The molecule has 0 radical (unpaired) electrons. The van der Waals surface area contributed by atoms with E-state index in [-0.39, 0.29) is 30.6 Å². The topological polar surface area (TPSA) is 154 Å². The highest BCUT2D eigenvalue weighted by molar-refractivity contribution is 5.93. The van der Waals surface area contributed by atoms with Gasteiger partial charge in [0.2, 0.25) is 5.91 Å². The van der Waals surface area contributed by atoms with Gasteiger partial charge < -0.3 is 30.4 Å². The monoisotopic (exact) mass is 522 g/mol. The average molecular weight is 523 g/mol. The number of ether oxygens (including phenoxy) is 3. The van der Waals surface area contributed by atoms with Crippen molar-refractivity contribution in [1.82, 2.24) is 5.32 Å². The molecule has 0 unspecified atom stereocenters. The standard InChI is InChI=1S/C27H42N2O8/c1-25(2,3)35-21(31)13-11-18(28)22(32)29-19(24(34)37-27(7,8)9)15-16-10-12-20(30)17(14-16)23(33)36-26(4,5)6/h10,12,14,18-19,30H,11,13,15,28H2,1-9H3,(H,29,32)/t18-,19-/m0/s1. The van der Waals surface area contributed by atoms with Crippen molar-refractivity contribution in [2.45, 2.75) is 110 Å². The molecule has 1 rings (SSSR count). The second-order valence-corrected chi connectivity index (χ2v) is 11.9. The lowest BCUT2D eigenvalue weighted by Gasteiger charge is -2.26. The molecule has 0 heterocycles. The molecule has 10 heteroatoms. The number of nitrogens with two attached hydrogens (primary N) is 1. The number of phenolic OH excluding ortho intramolecular Hbond substituents is 1. The summed E-state index contributed by atoms with van der Waals surface area (Å²) in [5, 5.41) is 12.8. The highest BCUT2D eigenvalue weighted by Gasteiger charge is 2.30. The fraction of sp³-hybridized carbons (Fsp3) is 0.630. The average Bonchev–Trinajstić information content (AvgIpc) is 2.68. The number of hydrogen-bond acceptors (Lipinski definition) is 9. The van der Waals surface area contributed by atoms with Crippen LogP contribution in [-0.2, 0) is 35.0 Å². The maximum atomic E-state index is 12.9. The van der Waals surface area contributed by atoms with Gasteiger partial charge in [-0.15, -0.1) is 0 Å². The molecule has 0 aromatic heterocycles. The van der Waals surface area contributed by atoms with E-state index in [1.165, 1.54) is 18.2 Å². The number of carbonyl (C=O) groups excluding carboxylic acids is 4. The van der Waals surface area contributed by atoms with Crippen molar-refractivity contribution in [3.8, 4) is 5.75 Å². The molecule has 1 aromatic carbocycles. The second-order valence-electron chi connectivity index (χ2n) is 11.9. The summed E-state index contributed by atoms with van der Waals surface area (Å²) >= 11 is 0. The van der Waals surface area contributed by atoms with Crippen LogP contribution in [0.1, 0.15) is 91.1 Å². The van der Waals surface area contributed by atoms with Crippen LogP contribution in [-0.4, -0.2) is 57.8 Å². The van der Waals surface area contributed by atoms with Gasteiger partial charge in [0.15, 0.2) is 0 Å². The van der Waals surface area contributed by atoms with Gasteiger partial charge in [0.05, 0.1) is 6.04 Å². The molecule has 10 nitrogen and oxygen atoms in total. The van der Waals surface area contributed by atoms with Crippen LogP contribution < -0.4 is 11.1 Å². The fourth-order valence-electron chi connectivity index (χ4n) is 3.08. The first-order valence-electron chi connectivity index (χ1n) is 12.2. The number of amides is 1. The Hall–Kier alpha value is -3.14. The molecule has 208 valence electrons. The van der Waals surface area contributed by atoms with E-state index in [9.17, 15) is 24.3 Å². The van der Waals surface area contributed by atoms with E-state index in [2.05, 4.69) is 5.32 Å². The van der Waals surface area contributed by atoms with Gasteiger partial charge in [0.1, 0.15) is 34.2 Å². The molecule has 1 amide bonds. The van der Waals surface area contributed by atoms with Crippen molar-refractivity contribution in [1.29, 1.82) is 0 Å². The van der Waals surface area contributed by atoms with E-state index < -0.39 is 52.7 Å². The SMILES string of the molecule is CC(C)(C)OC(=O)CC[C@H](N)C(=O)N[C@@H](Cc1ccc(O)c(C(=O)OC(C)(C)C)c1)C(=O)OC(C)(C)C. The molecule has 0 saturated carbocycles. The number of benzene rings is 1. The maximum absolute atomic E-state index is 12.9. The zero-order valence-corrected chi connectivity index (χ0v) is 23.4. The summed E-state index contributed by atoms with van der Waals surface area (Å²) in [6, 6.07) is 2.02. The van der Waals surface area contributed by atoms with Gasteiger partial charge in [0, 0.05) is 12.8 Å². The van der Waals surface area contributed by atoms with Crippen molar-refractivity contribution in [2.75, 3.05) is 0 Å². The Morgan fingerprint density at radius 3 is 1.95 bits per heavy atom. The number of esters is 3. The molecule has 0 bridgehead atoms. The summed E-state index contributed by atoms with van der Waals surface area (Å²) in [6.07, 6.45) is -0.0977. The third kappa shape index (κ3) is 12.6. The maximum Gasteiger partial charge on any atom is 0.342 e. The molecule has 1 aromatic rings. The molecule has 4 N–H and O–H groups in total. The minimum absolute atomic E-state index is 0.0176. The van der Waals surface area contributed by atoms with Crippen LogP contribution in [0.15, 0.2) is 18.2 Å². The van der Waals surface area contributed by atoms with Crippen molar-refractivity contribution in [3.63, 3.8) is 0 Å². The molecular weight excluding hydrogens is 480 g/mol. The van der Waals surface area contributed by atoms with Gasteiger partial charge in [0.25, 0.3) is 0 Å². The van der Waals surface area contributed by atoms with Crippen molar-refractivity contribution >= 4 is 23.8 Å². The molecule has 37 heavy (non-hydrogen) atoms. The number of aromatic hydroxyl groups is 1. The zero-order chi connectivity index (χ0) is 28.8. The predicted molar refractivity (Wildman–Crippen MR) is 138 cm³/mol. The van der Waals surface area contributed by atoms with Gasteiger partial charge in [-0.3, -0.25) is 9.59 Å². The van der Waals surface area contributed by atoms with Gasteiger partial charge in [-0.2, -0.15) is 0 Å². The Morgan fingerprint density at radius 2 is 1.43 bits per heavy atom. The van der Waals surface area contributed by atoms with Crippen LogP contribution in [0.4, 0.5) is 0 Å². The van der Waals surface area contributed by atoms with E-state index in [4.69, 9.17) is 19.9 Å². The molecule has 0 aliphatic carbocycles. The summed E-state index contributed by atoms with van der Waals surface area (Å²) in [6.45, 7) is 15.4. The Morgan fingerprint density at radius 1 is 0.892 bits per heavy atom. The number of phenols is 1. The van der Waals surface area contributed by atoms with Crippen molar-refractivity contribution in [3.05, 3.63) is 29.3 Å². The van der Waals surface area contributed by atoms with E-state index in [1.54, 1.807) is 62.3 Å². The lowest BCUT2D eigenvalue weighted by Crippen LogP contribution is -2.51. The second kappa shape index (κ2) is 12.4. The predicted octanol–water partition coefficient (Wildman–Crippen LogP) is 3.17. The first-order chi connectivity index (χ1) is 16.7. The number of hydrogen-bond donors (Lipinski definition) is 3. The van der Waals surface area contributed by atoms with E-state index >= 15 is 0 Å². The van der Waals surface area contributed by atoms with Crippen LogP contribution in [0.25, 0.3) is 0 Å². The third-order valence-corrected chi connectivity index (χ3v) is 4.54. The van der Waals surface area contributed by atoms with E-state index in [1.807, 2.05) is 0 Å². The Labute approximate surface area is 219 Å². The molecular formula is C27H42N2O8. The smallest absolute Gasteiger partial charge is 0.342 e. The normalized spacial score (nSPS) is 13.8. The molecule has 0 fully saturated rings. The summed E-state index contributed by atoms with van der Waals surface area (Å²) < 4.78 is 16.0. The fourth-order valence-corrected chi connectivity index (χ4v) is 3.08. The summed E-state index contributed by atoms with van der Waals surface area (Å²) in [5.74, 6) is -2.84. The van der Waals surface area contributed by atoms with Crippen molar-refractivity contribution < 1.29 is 38.5 Å². The lowest BCUT2D eigenvalue weighted by molar-refractivity contribution is -0.159. The number of rotatable bonds is 9. The Kier molecular flexibility index (Phi) is 10.7. The van der Waals surface area contributed by atoms with E-state index in [0.29, 0.717) is 5.56 Å². The quantitative estimate of drug-likeness (QED) is 0.328. The van der Waals surface area contributed by atoms with Crippen LogP contribution in [0.2, 0.25) is 0 Å². The summed E-state index contributed by atoms with van der Waals surface area (Å²) in [4.78, 5) is 50.2. The zero-order valence-electron chi connectivity index (χ0n) is 23.4. The number of carbonyl (C=O) groups is 4. The van der Waals surface area contributed by atoms with Gasteiger partial charge in [-0.1, -0.05) is 6.07 Å².